The van der Waals surface area contributed by atoms with E-state index in [-0.39, 0.29) is 12.5 Å². The molecular formula is C19H29N3O3. The highest BCUT2D eigenvalue weighted by atomic mass is 16.4. The number of urea groups is 1. The first-order valence-electron chi connectivity index (χ1n) is 8.91. The van der Waals surface area contributed by atoms with Crippen molar-refractivity contribution in [3.8, 4) is 0 Å². The van der Waals surface area contributed by atoms with Crippen LogP contribution >= 0.6 is 0 Å². The normalized spacial score (nSPS) is 15.7. The number of anilines is 2. The summed E-state index contributed by atoms with van der Waals surface area (Å²) < 4.78 is 0. The number of benzene rings is 1. The van der Waals surface area contributed by atoms with Gasteiger partial charge in [0.15, 0.2) is 0 Å². The van der Waals surface area contributed by atoms with Gasteiger partial charge in [-0.15, -0.1) is 0 Å². The Morgan fingerprint density at radius 3 is 2.60 bits per heavy atom. The molecule has 0 atom stereocenters. The largest absolute Gasteiger partial charge is 0.481 e. The summed E-state index contributed by atoms with van der Waals surface area (Å²) in [5.41, 5.74) is 1.28. The molecule has 1 aromatic rings. The van der Waals surface area contributed by atoms with Crippen molar-refractivity contribution >= 4 is 23.4 Å². The Balaban J connectivity index is 1.92. The Kier molecular flexibility index (Phi) is 6.28. The lowest BCUT2D eigenvalue weighted by Gasteiger charge is -2.32. The Bertz CT molecular complexity index is 608. The minimum atomic E-state index is -0.862. The summed E-state index contributed by atoms with van der Waals surface area (Å²) in [6, 6.07) is 7.54. The maximum absolute atomic E-state index is 12.2. The minimum Gasteiger partial charge on any atom is -0.481 e. The maximum Gasteiger partial charge on any atom is 0.319 e. The highest BCUT2D eigenvalue weighted by Crippen LogP contribution is 2.25. The number of carboxylic acid groups (broad SMARTS) is 1. The lowest BCUT2D eigenvalue weighted by molar-refractivity contribution is -0.137. The van der Waals surface area contributed by atoms with Crippen molar-refractivity contribution in [2.45, 2.75) is 52.0 Å². The van der Waals surface area contributed by atoms with E-state index in [1.54, 1.807) is 0 Å². The van der Waals surface area contributed by atoms with Crippen molar-refractivity contribution in [3.63, 3.8) is 0 Å². The fraction of sp³-hybridized carbons (Fsp3) is 0.579. The van der Waals surface area contributed by atoms with E-state index in [9.17, 15) is 9.59 Å². The van der Waals surface area contributed by atoms with Crippen LogP contribution < -0.4 is 15.5 Å². The number of hydrogen-bond donors (Lipinski definition) is 3. The zero-order valence-corrected chi connectivity index (χ0v) is 15.3. The maximum atomic E-state index is 12.2. The molecule has 3 N–H and O–H groups in total. The molecule has 0 aromatic heterocycles. The molecule has 25 heavy (non-hydrogen) atoms. The second-order valence-electron chi connectivity index (χ2n) is 7.58. The smallest absolute Gasteiger partial charge is 0.319 e. The molecule has 1 aromatic carbocycles. The minimum absolute atomic E-state index is 0.0240. The lowest BCUT2D eigenvalue weighted by Crippen LogP contribution is -2.45. The summed E-state index contributed by atoms with van der Waals surface area (Å²) in [5, 5.41) is 14.5. The molecule has 1 heterocycles. The van der Waals surface area contributed by atoms with Gasteiger partial charge in [0, 0.05) is 36.4 Å². The third-order valence-electron chi connectivity index (χ3n) is 4.67. The number of carbonyl (C=O) groups is 2. The quantitative estimate of drug-likeness (QED) is 0.733. The fourth-order valence-electron chi connectivity index (χ4n) is 3.00. The highest BCUT2D eigenvalue weighted by Gasteiger charge is 2.22. The van der Waals surface area contributed by atoms with Crippen LogP contribution in [0.15, 0.2) is 24.3 Å². The van der Waals surface area contributed by atoms with E-state index >= 15 is 0 Å². The molecule has 0 aliphatic carbocycles. The molecule has 1 saturated heterocycles. The molecule has 1 fully saturated rings. The first-order valence-corrected chi connectivity index (χ1v) is 8.91. The molecular weight excluding hydrogens is 318 g/mol. The van der Waals surface area contributed by atoms with Gasteiger partial charge in [0.1, 0.15) is 0 Å². The third kappa shape index (κ3) is 6.29. The second-order valence-corrected chi connectivity index (χ2v) is 7.58. The van der Waals surface area contributed by atoms with E-state index in [0.717, 1.165) is 30.4 Å². The van der Waals surface area contributed by atoms with Gasteiger partial charge in [-0.05, 0) is 57.2 Å². The molecule has 0 radical (unpaired) electrons. The van der Waals surface area contributed by atoms with Gasteiger partial charge >= 0.3 is 12.0 Å². The van der Waals surface area contributed by atoms with Crippen molar-refractivity contribution in [2.24, 2.45) is 5.92 Å². The van der Waals surface area contributed by atoms with Crippen LogP contribution in [0.4, 0.5) is 16.2 Å². The van der Waals surface area contributed by atoms with Crippen LogP contribution in [0.1, 0.15) is 46.5 Å². The number of amides is 2. The SMILES string of the molecule is CC1CCN(c2cccc(NC(=O)NC(C)(C)CCC(=O)O)c2)CC1. The van der Waals surface area contributed by atoms with Gasteiger partial charge in [-0.3, -0.25) is 4.79 Å². The number of rotatable bonds is 6. The number of carbonyl (C=O) groups excluding carboxylic acids is 1. The molecule has 6 heteroatoms. The van der Waals surface area contributed by atoms with E-state index < -0.39 is 11.5 Å². The Labute approximate surface area is 149 Å². The highest BCUT2D eigenvalue weighted by molar-refractivity contribution is 5.90. The van der Waals surface area contributed by atoms with Gasteiger partial charge in [-0.2, -0.15) is 0 Å². The second kappa shape index (κ2) is 8.23. The van der Waals surface area contributed by atoms with Crippen LogP contribution in [0.2, 0.25) is 0 Å². The molecule has 1 aliphatic rings. The topological polar surface area (TPSA) is 81.7 Å². The van der Waals surface area contributed by atoms with Crippen molar-refractivity contribution < 1.29 is 14.7 Å². The van der Waals surface area contributed by atoms with Crippen molar-refractivity contribution in [1.82, 2.24) is 5.32 Å². The molecule has 2 rings (SSSR count). The van der Waals surface area contributed by atoms with Crippen LogP contribution in [-0.2, 0) is 4.79 Å². The zero-order chi connectivity index (χ0) is 18.4. The van der Waals surface area contributed by atoms with E-state index in [1.165, 1.54) is 12.8 Å². The summed E-state index contributed by atoms with van der Waals surface area (Å²) in [5.74, 6) is -0.0878. The summed E-state index contributed by atoms with van der Waals surface area (Å²) in [6.07, 6.45) is 2.78. The fourth-order valence-corrected chi connectivity index (χ4v) is 3.00. The molecule has 0 saturated carbocycles. The summed E-state index contributed by atoms with van der Waals surface area (Å²) >= 11 is 0. The first-order chi connectivity index (χ1) is 11.7. The summed E-state index contributed by atoms with van der Waals surface area (Å²) in [7, 11) is 0. The molecule has 2 amide bonds. The number of aliphatic carboxylic acids is 1. The first kappa shape index (κ1) is 19.1. The predicted octanol–water partition coefficient (Wildman–Crippen LogP) is 3.69. The van der Waals surface area contributed by atoms with Crippen LogP contribution in [0.5, 0.6) is 0 Å². The number of hydrogen-bond acceptors (Lipinski definition) is 3. The number of nitrogens with one attached hydrogen (secondary N) is 2. The van der Waals surface area contributed by atoms with Gasteiger partial charge in [0.25, 0.3) is 0 Å². The molecule has 1 aliphatic heterocycles. The Hall–Kier alpha value is -2.24. The number of carboxylic acids is 1. The van der Waals surface area contributed by atoms with Gasteiger partial charge in [-0.25, -0.2) is 4.79 Å². The average molecular weight is 347 g/mol. The van der Waals surface area contributed by atoms with Crippen LogP contribution in [-0.4, -0.2) is 35.7 Å². The molecule has 6 nitrogen and oxygen atoms in total. The Morgan fingerprint density at radius 2 is 1.96 bits per heavy atom. The van der Waals surface area contributed by atoms with Crippen LogP contribution in [0.3, 0.4) is 0 Å². The van der Waals surface area contributed by atoms with Gasteiger partial charge < -0.3 is 20.6 Å². The molecule has 0 unspecified atom stereocenters. The van der Waals surface area contributed by atoms with Crippen molar-refractivity contribution in [3.05, 3.63) is 24.3 Å². The Morgan fingerprint density at radius 1 is 1.28 bits per heavy atom. The predicted molar refractivity (Wildman–Crippen MR) is 100 cm³/mol. The average Bonchev–Trinajstić information content (AvgIpc) is 2.53. The van der Waals surface area contributed by atoms with E-state index in [2.05, 4.69) is 28.5 Å². The van der Waals surface area contributed by atoms with E-state index in [1.807, 2.05) is 32.0 Å². The standard InChI is InChI=1S/C19H29N3O3/c1-14-8-11-22(12-9-14)16-6-4-5-15(13-16)20-18(25)21-19(2,3)10-7-17(23)24/h4-6,13-14H,7-12H2,1-3H3,(H,23,24)(H2,20,21,25). The number of piperidine rings is 1. The van der Waals surface area contributed by atoms with Crippen LogP contribution in [0, 0.1) is 5.92 Å². The van der Waals surface area contributed by atoms with Gasteiger partial charge in [0.2, 0.25) is 0 Å². The third-order valence-corrected chi connectivity index (χ3v) is 4.67. The molecule has 138 valence electrons. The monoisotopic (exact) mass is 347 g/mol. The van der Waals surface area contributed by atoms with Gasteiger partial charge in [-0.1, -0.05) is 13.0 Å². The molecule has 0 spiro atoms. The molecule has 0 bridgehead atoms. The van der Waals surface area contributed by atoms with E-state index in [0.29, 0.717) is 6.42 Å². The lowest BCUT2D eigenvalue weighted by atomic mass is 9.98. The zero-order valence-electron chi connectivity index (χ0n) is 15.3. The summed E-state index contributed by atoms with van der Waals surface area (Å²) in [4.78, 5) is 25.3. The van der Waals surface area contributed by atoms with Gasteiger partial charge in [0.05, 0.1) is 0 Å². The van der Waals surface area contributed by atoms with Crippen molar-refractivity contribution in [2.75, 3.05) is 23.3 Å². The summed E-state index contributed by atoms with van der Waals surface area (Å²) in [6.45, 7) is 8.01. The van der Waals surface area contributed by atoms with E-state index in [4.69, 9.17) is 5.11 Å². The van der Waals surface area contributed by atoms with Crippen LogP contribution in [0.25, 0.3) is 0 Å². The number of nitrogens with zero attached hydrogens (tertiary/aromatic N) is 1. The van der Waals surface area contributed by atoms with Crippen molar-refractivity contribution in [1.29, 1.82) is 0 Å².